The highest BCUT2D eigenvalue weighted by Gasteiger charge is 2.18. The fourth-order valence-electron chi connectivity index (χ4n) is 2.84. The van der Waals surface area contributed by atoms with E-state index in [4.69, 9.17) is 16.3 Å². The Labute approximate surface area is 185 Å². The standard InChI is InChI=1S/C22H19ClN2O5S/c1-14-3-9-19(16(11-14)13-26)24-22(27)15-4-7-18(8-5-15)31(28,29)25-20-12-17(23)6-10-21(20)30-2/h3-13,25H,1-2H3,(H,24,27). The van der Waals surface area contributed by atoms with E-state index in [1.54, 1.807) is 30.3 Å². The lowest BCUT2D eigenvalue weighted by Crippen LogP contribution is -2.15. The average Bonchev–Trinajstić information content (AvgIpc) is 2.75. The van der Waals surface area contributed by atoms with E-state index in [0.29, 0.717) is 28.3 Å². The number of anilines is 2. The number of halogens is 1. The lowest BCUT2D eigenvalue weighted by atomic mass is 10.1. The van der Waals surface area contributed by atoms with Gasteiger partial charge in [-0.15, -0.1) is 0 Å². The van der Waals surface area contributed by atoms with Gasteiger partial charge < -0.3 is 10.1 Å². The first-order valence-electron chi connectivity index (χ1n) is 9.07. The van der Waals surface area contributed by atoms with E-state index < -0.39 is 15.9 Å². The van der Waals surface area contributed by atoms with Crippen molar-refractivity contribution >= 4 is 45.2 Å². The monoisotopic (exact) mass is 458 g/mol. The predicted octanol–water partition coefficient (Wildman–Crippen LogP) is 4.52. The molecule has 0 spiro atoms. The van der Waals surface area contributed by atoms with Crippen molar-refractivity contribution < 1.29 is 22.7 Å². The summed E-state index contributed by atoms with van der Waals surface area (Å²) in [4.78, 5) is 23.7. The van der Waals surface area contributed by atoms with E-state index in [1.807, 2.05) is 6.92 Å². The van der Waals surface area contributed by atoms with Crippen molar-refractivity contribution in [3.8, 4) is 5.75 Å². The molecule has 1 amide bonds. The van der Waals surface area contributed by atoms with Gasteiger partial charge in [0.2, 0.25) is 0 Å². The third kappa shape index (κ3) is 5.22. The number of benzene rings is 3. The van der Waals surface area contributed by atoms with E-state index in [1.165, 1.54) is 37.4 Å². The number of hydrogen-bond acceptors (Lipinski definition) is 5. The highest BCUT2D eigenvalue weighted by molar-refractivity contribution is 7.92. The number of sulfonamides is 1. The van der Waals surface area contributed by atoms with Gasteiger partial charge in [-0.1, -0.05) is 23.2 Å². The third-order valence-corrected chi connectivity index (χ3v) is 6.03. The normalized spacial score (nSPS) is 10.9. The van der Waals surface area contributed by atoms with Crippen LogP contribution in [0.2, 0.25) is 5.02 Å². The Bertz CT molecular complexity index is 1240. The SMILES string of the molecule is COc1ccc(Cl)cc1NS(=O)(=O)c1ccc(C(=O)Nc2ccc(C)cc2C=O)cc1. The van der Waals surface area contributed by atoms with Gasteiger partial charge in [-0.25, -0.2) is 8.42 Å². The van der Waals surface area contributed by atoms with Gasteiger partial charge in [0.15, 0.2) is 6.29 Å². The van der Waals surface area contributed by atoms with Crippen molar-refractivity contribution in [3.63, 3.8) is 0 Å². The number of carbonyl (C=O) groups is 2. The van der Waals surface area contributed by atoms with Gasteiger partial charge in [-0.05, 0) is 61.5 Å². The zero-order valence-electron chi connectivity index (χ0n) is 16.7. The molecule has 0 radical (unpaired) electrons. The Morgan fingerprint density at radius 1 is 1.00 bits per heavy atom. The van der Waals surface area contributed by atoms with Gasteiger partial charge in [0.1, 0.15) is 5.75 Å². The maximum atomic E-state index is 12.7. The van der Waals surface area contributed by atoms with Gasteiger partial charge in [0.05, 0.1) is 23.4 Å². The topological polar surface area (TPSA) is 102 Å². The number of hydrogen-bond donors (Lipinski definition) is 2. The van der Waals surface area contributed by atoms with Crippen LogP contribution in [-0.4, -0.2) is 27.7 Å². The molecular weight excluding hydrogens is 440 g/mol. The van der Waals surface area contributed by atoms with Crippen LogP contribution in [0, 0.1) is 6.92 Å². The van der Waals surface area contributed by atoms with E-state index in [2.05, 4.69) is 10.0 Å². The van der Waals surface area contributed by atoms with Gasteiger partial charge >= 0.3 is 0 Å². The van der Waals surface area contributed by atoms with Crippen molar-refractivity contribution in [2.45, 2.75) is 11.8 Å². The van der Waals surface area contributed by atoms with Gasteiger partial charge in [-0.3, -0.25) is 14.3 Å². The van der Waals surface area contributed by atoms with E-state index in [0.717, 1.165) is 5.56 Å². The van der Waals surface area contributed by atoms with Crippen LogP contribution in [-0.2, 0) is 10.0 Å². The molecule has 0 heterocycles. The lowest BCUT2D eigenvalue weighted by molar-refractivity contribution is 0.102. The largest absolute Gasteiger partial charge is 0.495 e. The van der Waals surface area contributed by atoms with E-state index in [-0.39, 0.29) is 16.1 Å². The summed E-state index contributed by atoms with van der Waals surface area (Å²) in [7, 11) is -2.53. The van der Waals surface area contributed by atoms with Crippen LogP contribution in [0.4, 0.5) is 11.4 Å². The summed E-state index contributed by atoms with van der Waals surface area (Å²) in [6, 6.07) is 15.0. The molecular formula is C22H19ClN2O5S. The molecule has 0 fully saturated rings. The zero-order valence-corrected chi connectivity index (χ0v) is 18.3. The maximum Gasteiger partial charge on any atom is 0.262 e. The summed E-state index contributed by atoms with van der Waals surface area (Å²) in [5, 5.41) is 3.00. The van der Waals surface area contributed by atoms with Crippen molar-refractivity contribution in [1.82, 2.24) is 0 Å². The number of ether oxygens (including phenoxy) is 1. The minimum Gasteiger partial charge on any atom is -0.495 e. The number of nitrogens with one attached hydrogen (secondary N) is 2. The molecule has 3 aromatic rings. The molecule has 7 nitrogen and oxygen atoms in total. The first kappa shape index (κ1) is 22.3. The zero-order chi connectivity index (χ0) is 22.6. The molecule has 0 saturated carbocycles. The Hall–Kier alpha value is -3.36. The van der Waals surface area contributed by atoms with Gasteiger partial charge in [-0.2, -0.15) is 0 Å². The van der Waals surface area contributed by atoms with Crippen LogP contribution in [0.3, 0.4) is 0 Å². The predicted molar refractivity (Wildman–Crippen MR) is 120 cm³/mol. The third-order valence-electron chi connectivity index (χ3n) is 4.41. The molecule has 31 heavy (non-hydrogen) atoms. The van der Waals surface area contributed by atoms with Crippen LogP contribution in [0.15, 0.2) is 65.6 Å². The minimum atomic E-state index is -3.95. The second kappa shape index (κ2) is 9.20. The average molecular weight is 459 g/mol. The van der Waals surface area contributed by atoms with Crippen LogP contribution < -0.4 is 14.8 Å². The summed E-state index contributed by atoms with van der Waals surface area (Å²) in [6.45, 7) is 1.84. The van der Waals surface area contributed by atoms with Crippen molar-refractivity contribution in [2.24, 2.45) is 0 Å². The van der Waals surface area contributed by atoms with Crippen LogP contribution in [0.1, 0.15) is 26.3 Å². The highest BCUT2D eigenvalue weighted by atomic mass is 35.5. The van der Waals surface area contributed by atoms with Gasteiger partial charge in [0.25, 0.3) is 15.9 Å². The van der Waals surface area contributed by atoms with Crippen LogP contribution in [0.25, 0.3) is 0 Å². The fourth-order valence-corrected chi connectivity index (χ4v) is 4.07. The molecule has 2 N–H and O–H groups in total. The van der Waals surface area contributed by atoms with E-state index >= 15 is 0 Å². The second-order valence-corrected chi connectivity index (χ2v) is 8.76. The Balaban J connectivity index is 1.80. The van der Waals surface area contributed by atoms with Crippen molar-refractivity contribution in [3.05, 3.63) is 82.4 Å². The summed E-state index contributed by atoms with van der Waals surface area (Å²) in [5.41, 5.74) is 2.04. The van der Waals surface area contributed by atoms with Crippen LogP contribution >= 0.6 is 11.6 Å². The molecule has 0 saturated heterocycles. The van der Waals surface area contributed by atoms with Crippen LogP contribution in [0.5, 0.6) is 5.75 Å². The smallest absolute Gasteiger partial charge is 0.262 e. The minimum absolute atomic E-state index is 0.0463. The molecule has 0 aliphatic rings. The Morgan fingerprint density at radius 3 is 2.35 bits per heavy atom. The van der Waals surface area contributed by atoms with Crippen molar-refractivity contribution in [2.75, 3.05) is 17.1 Å². The molecule has 0 aliphatic heterocycles. The Morgan fingerprint density at radius 2 is 1.71 bits per heavy atom. The molecule has 3 rings (SSSR count). The number of aldehydes is 1. The summed E-state index contributed by atoms with van der Waals surface area (Å²) < 4.78 is 33.0. The number of aryl methyl sites for hydroxylation is 1. The highest BCUT2D eigenvalue weighted by Crippen LogP contribution is 2.30. The Kier molecular flexibility index (Phi) is 6.62. The summed E-state index contributed by atoms with van der Waals surface area (Å²) in [5.74, 6) is -0.159. The second-order valence-electron chi connectivity index (χ2n) is 6.64. The molecule has 0 aliphatic carbocycles. The quantitative estimate of drug-likeness (QED) is 0.507. The fraction of sp³-hybridized carbons (Fsp3) is 0.0909. The summed E-state index contributed by atoms with van der Waals surface area (Å²) >= 11 is 5.94. The molecule has 160 valence electrons. The first-order chi connectivity index (χ1) is 14.7. The molecule has 0 atom stereocenters. The first-order valence-corrected chi connectivity index (χ1v) is 10.9. The molecule has 0 bridgehead atoms. The lowest BCUT2D eigenvalue weighted by Gasteiger charge is -2.13. The maximum absolute atomic E-state index is 12.7. The molecule has 3 aromatic carbocycles. The molecule has 0 unspecified atom stereocenters. The number of carbonyl (C=O) groups excluding carboxylic acids is 2. The molecule has 0 aromatic heterocycles. The van der Waals surface area contributed by atoms with Gasteiger partial charge in [0, 0.05) is 16.1 Å². The van der Waals surface area contributed by atoms with E-state index in [9.17, 15) is 18.0 Å². The number of rotatable bonds is 7. The van der Waals surface area contributed by atoms with Crippen molar-refractivity contribution in [1.29, 1.82) is 0 Å². The summed E-state index contributed by atoms with van der Waals surface area (Å²) in [6.07, 6.45) is 0.661. The number of amides is 1. The molecule has 9 heteroatoms. The number of methoxy groups -OCH3 is 1.